The number of quaternary nitrogens is 1. The Morgan fingerprint density at radius 3 is 1.19 bits per heavy atom. The fourth-order valence-corrected chi connectivity index (χ4v) is 5.65. The molecule has 6 heteroatoms. The molecule has 27 heavy (non-hydrogen) atoms. The van der Waals surface area contributed by atoms with Gasteiger partial charge < -0.3 is 30.2 Å². The molecule has 0 N–H and O–H groups in total. The van der Waals surface area contributed by atoms with Crippen LogP contribution in [0.5, 0.6) is 0 Å². The number of unbranched alkanes of at least 4 members (excludes halogenated alkanes) is 6. The van der Waals surface area contributed by atoms with Crippen molar-refractivity contribution in [2.75, 3.05) is 47.5 Å². The number of hydrogen-bond donors (Lipinski definition) is 0. The van der Waals surface area contributed by atoms with E-state index in [1.54, 1.807) is 21.3 Å². The van der Waals surface area contributed by atoms with Crippen molar-refractivity contribution in [2.24, 2.45) is 0 Å². The highest BCUT2D eigenvalue weighted by Crippen LogP contribution is 2.21. The lowest BCUT2D eigenvalue weighted by atomic mass is 10.1. The van der Waals surface area contributed by atoms with E-state index in [-0.39, 0.29) is 12.4 Å². The van der Waals surface area contributed by atoms with Gasteiger partial charge in [-0.15, -0.1) is 0 Å². The van der Waals surface area contributed by atoms with Gasteiger partial charge in [0.05, 0.1) is 26.2 Å². The fraction of sp³-hybridized carbons (Fsp3) is 1.00. The minimum atomic E-state index is -2.44. The molecule has 0 spiro atoms. The van der Waals surface area contributed by atoms with E-state index in [0.717, 1.165) is 12.5 Å². The number of hydrogen-bond acceptors (Lipinski definition) is 3. The Balaban J connectivity index is 0. The van der Waals surface area contributed by atoms with Crippen LogP contribution < -0.4 is 12.4 Å². The van der Waals surface area contributed by atoms with Crippen molar-refractivity contribution in [3.05, 3.63) is 0 Å². The Kier molecular flexibility index (Phi) is 20.1. The van der Waals surface area contributed by atoms with Crippen LogP contribution in [0.1, 0.15) is 85.0 Å². The maximum atomic E-state index is 5.63. The molecular formula is C21H48ClNO3Si. The number of halogens is 1. The second-order valence-electron chi connectivity index (χ2n) is 7.76. The van der Waals surface area contributed by atoms with E-state index in [9.17, 15) is 0 Å². The van der Waals surface area contributed by atoms with Gasteiger partial charge in [0.1, 0.15) is 0 Å². The van der Waals surface area contributed by atoms with Crippen molar-refractivity contribution >= 4 is 8.80 Å². The van der Waals surface area contributed by atoms with Crippen molar-refractivity contribution in [3.63, 3.8) is 0 Å². The minimum absolute atomic E-state index is 0. The Morgan fingerprint density at radius 1 is 0.556 bits per heavy atom. The van der Waals surface area contributed by atoms with Crippen LogP contribution in [0, 0.1) is 0 Å². The molecule has 0 aromatic heterocycles. The zero-order valence-corrected chi connectivity index (χ0v) is 20.9. The molecule has 0 unspecified atom stereocenters. The Labute approximate surface area is 177 Å². The van der Waals surface area contributed by atoms with E-state index in [1.165, 1.54) is 88.4 Å². The van der Waals surface area contributed by atoms with E-state index < -0.39 is 8.80 Å². The van der Waals surface area contributed by atoms with Crippen molar-refractivity contribution in [3.8, 4) is 0 Å². The van der Waals surface area contributed by atoms with E-state index >= 15 is 0 Å². The molecule has 0 heterocycles. The van der Waals surface area contributed by atoms with Crippen LogP contribution in [0.4, 0.5) is 0 Å². The fourth-order valence-electron chi connectivity index (χ4n) is 3.95. The largest absolute Gasteiger partial charge is 1.00 e. The van der Waals surface area contributed by atoms with Gasteiger partial charge in [-0.1, -0.05) is 40.0 Å². The average molecular weight is 426 g/mol. The summed E-state index contributed by atoms with van der Waals surface area (Å²) in [7, 11) is 2.74. The molecule has 0 aromatic rings. The summed E-state index contributed by atoms with van der Waals surface area (Å²) in [6.45, 7) is 12.2. The molecule has 0 rings (SSSR count). The molecule has 0 atom stereocenters. The molecule has 0 aliphatic heterocycles. The molecule has 0 saturated heterocycles. The molecule has 0 bridgehead atoms. The first-order valence-corrected chi connectivity index (χ1v) is 13.0. The highest BCUT2D eigenvalue weighted by molar-refractivity contribution is 6.60. The first-order valence-electron chi connectivity index (χ1n) is 11.1. The summed E-state index contributed by atoms with van der Waals surface area (Å²) in [4.78, 5) is 0. The summed E-state index contributed by atoms with van der Waals surface area (Å²) in [6, 6.07) is 0.922. The van der Waals surface area contributed by atoms with Gasteiger partial charge in [-0.3, -0.25) is 0 Å². The molecular weight excluding hydrogens is 378 g/mol. The Morgan fingerprint density at radius 2 is 0.889 bits per heavy atom. The van der Waals surface area contributed by atoms with Crippen molar-refractivity contribution < 1.29 is 30.2 Å². The molecule has 0 radical (unpaired) electrons. The van der Waals surface area contributed by atoms with Gasteiger partial charge in [-0.05, 0) is 38.5 Å². The van der Waals surface area contributed by atoms with E-state index in [2.05, 4.69) is 20.8 Å². The predicted molar refractivity (Wildman–Crippen MR) is 115 cm³/mol. The third-order valence-electron chi connectivity index (χ3n) is 5.76. The third kappa shape index (κ3) is 12.5. The smallest absolute Gasteiger partial charge is 0.500 e. The van der Waals surface area contributed by atoms with Crippen molar-refractivity contribution in [1.29, 1.82) is 0 Å². The van der Waals surface area contributed by atoms with Gasteiger partial charge in [0.15, 0.2) is 0 Å². The SMILES string of the molecule is CCCCC[N+](CCCCC)(CCCCC)CCC[Si](OC)(OC)OC.[Cl-]. The van der Waals surface area contributed by atoms with Crippen LogP contribution >= 0.6 is 0 Å². The van der Waals surface area contributed by atoms with Gasteiger partial charge in [-0.25, -0.2) is 0 Å². The van der Waals surface area contributed by atoms with Crippen LogP contribution in [0.25, 0.3) is 0 Å². The van der Waals surface area contributed by atoms with Crippen molar-refractivity contribution in [2.45, 2.75) is 91.0 Å². The molecule has 166 valence electrons. The molecule has 0 aliphatic carbocycles. The number of nitrogens with zero attached hydrogens (tertiary/aromatic N) is 1. The lowest BCUT2D eigenvalue weighted by Crippen LogP contribution is -3.00. The first kappa shape index (κ1) is 29.5. The minimum Gasteiger partial charge on any atom is -1.00 e. The van der Waals surface area contributed by atoms with Crippen LogP contribution in [0.3, 0.4) is 0 Å². The predicted octanol–water partition coefficient (Wildman–Crippen LogP) is 2.65. The molecule has 0 fully saturated rings. The van der Waals surface area contributed by atoms with Crippen molar-refractivity contribution in [1.82, 2.24) is 0 Å². The summed E-state index contributed by atoms with van der Waals surface area (Å²) in [6.07, 6.45) is 13.2. The van der Waals surface area contributed by atoms with E-state index in [4.69, 9.17) is 13.3 Å². The normalized spacial score (nSPS) is 12.2. The van der Waals surface area contributed by atoms with Crippen LogP contribution in [-0.2, 0) is 13.3 Å². The third-order valence-corrected chi connectivity index (χ3v) is 8.59. The molecule has 4 nitrogen and oxygen atoms in total. The summed E-state index contributed by atoms with van der Waals surface area (Å²) in [5, 5.41) is 0. The Bertz CT molecular complexity index is 283. The van der Waals surface area contributed by atoms with E-state index in [1.807, 2.05) is 0 Å². The first-order chi connectivity index (χ1) is 12.6. The van der Waals surface area contributed by atoms with Crippen LogP contribution in [0.15, 0.2) is 0 Å². The van der Waals surface area contributed by atoms with Gasteiger partial charge in [-0.2, -0.15) is 0 Å². The molecule has 0 saturated carbocycles. The summed E-state index contributed by atoms with van der Waals surface area (Å²) >= 11 is 0. The topological polar surface area (TPSA) is 27.7 Å². The number of rotatable bonds is 19. The maximum Gasteiger partial charge on any atom is 0.500 e. The van der Waals surface area contributed by atoms with Crippen LogP contribution in [-0.4, -0.2) is 60.8 Å². The highest BCUT2D eigenvalue weighted by atomic mass is 35.5. The zero-order valence-electron chi connectivity index (χ0n) is 19.2. The van der Waals surface area contributed by atoms with Gasteiger partial charge in [0.2, 0.25) is 0 Å². The lowest BCUT2D eigenvalue weighted by Gasteiger charge is -2.40. The monoisotopic (exact) mass is 425 g/mol. The zero-order chi connectivity index (χ0) is 19.7. The van der Waals surface area contributed by atoms with Gasteiger partial charge in [0.25, 0.3) is 0 Å². The average Bonchev–Trinajstić information content (AvgIpc) is 2.66. The second kappa shape index (κ2) is 18.4. The second-order valence-corrected chi connectivity index (χ2v) is 10.8. The van der Waals surface area contributed by atoms with E-state index in [0.29, 0.717) is 0 Å². The molecule has 0 amide bonds. The molecule has 0 aromatic carbocycles. The lowest BCUT2D eigenvalue weighted by molar-refractivity contribution is -0.929. The summed E-state index contributed by atoms with van der Waals surface area (Å²) in [5.41, 5.74) is 0. The Hall–Kier alpha value is 0.347. The van der Waals surface area contributed by atoms with Crippen LogP contribution in [0.2, 0.25) is 6.04 Å². The maximum absolute atomic E-state index is 5.63. The summed E-state index contributed by atoms with van der Waals surface area (Å²) in [5.74, 6) is 0. The molecule has 0 aliphatic rings. The standard InChI is InChI=1S/C21H48NO3Si.ClH/c1-7-10-13-17-22(18-14-11-8-2,19-15-12-9-3)20-16-21-26(23-4,24-5)25-6;/h7-21H2,1-6H3;1H/q+1;/p-1. The highest BCUT2D eigenvalue weighted by Gasteiger charge is 2.38. The van der Waals surface area contributed by atoms with Gasteiger partial charge >= 0.3 is 8.80 Å². The quantitative estimate of drug-likeness (QED) is 0.181. The summed E-state index contributed by atoms with van der Waals surface area (Å²) < 4.78 is 18.2. The van der Waals surface area contributed by atoms with Gasteiger partial charge in [0, 0.05) is 33.8 Å².